The van der Waals surface area contributed by atoms with E-state index in [1.54, 1.807) is 12.1 Å². The number of nitro groups is 1. The van der Waals surface area contributed by atoms with Crippen molar-refractivity contribution < 1.29 is 22.9 Å². The van der Waals surface area contributed by atoms with E-state index in [4.69, 9.17) is 4.74 Å². The first-order chi connectivity index (χ1) is 14.7. The van der Waals surface area contributed by atoms with E-state index >= 15 is 0 Å². The third-order valence-corrected chi connectivity index (χ3v) is 7.28. The van der Waals surface area contributed by atoms with Crippen LogP contribution in [0.4, 0.5) is 10.8 Å². The number of rotatable bonds is 7. The molecule has 0 aliphatic heterocycles. The van der Waals surface area contributed by atoms with E-state index in [-0.39, 0.29) is 19.9 Å². The molecule has 9 nitrogen and oxygen atoms in total. The van der Waals surface area contributed by atoms with Gasteiger partial charge in [-0.25, -0.2) is 13.4 Å². The van der Waals surface area contributed by atoms with Crippen LogP contribution in [0.3, 0.4) is 0 Å². The molecule has 3 aromatic rings. The van der Waals surface area contributed by atoms with Crippen molar-refractivity contribution in [2.75, 3.05) is 12.4 Å². The van der Waals surface area contributed by atoms with Crippen molar-refractivity contribution in [2.24, 2.45) is 0 Å². The highest BCUT2D eigenvalue weighted by Crippen LogP contribution is 2.29. The number of aryl methyl sites for hydroxylation is 1. The molecule has 0 spiro atoms. The molecule has 2 aromatic carbocycles. The zero-order valence-electron chi connectivity index (χ0n) is 16.4. The maximum Gasteiger partial charge on any atom is 0.269 e. The van der Waals surface area contributed by atoms with Crippen LogP contribution in [0.1, 0.15) is 11.1 Å². The number of hydrogen-bond acceptors (Lipinski definition) is 8. The average molecular weight is 460 g/mol. The fraction of sp³-hybridized carbons (Fsp3) is 0.100. The second kappa shape index (κ2) is 9.06. The summed E-state index contributed by atoms with van der Waals surface area (Å²) in [7, 11) is -2.39. The topological polar surface area (TPSA) is 128 Å². The van der Waals surface area contributed by atoms with Gasteiger partial charge in [-0.05, 0) is 37.3 Å². The molecular formula is C20H17N3O6S2. The number of benzene rings is 2. The van der Waals surface area contributed by atoms with Gasteiger partial charge in [0.15, 0.2) is 5.13 Å². The van der Waals surface area contributed by atoms with Crippen molar-refractivity contribution in [1.82, 2.24) is 4.98 Å². The summed E-state index contributed by atoms with van der Waals surface area (Å²) in [6.07, 6.45) is 4.01. The molecule has 0 saturated heterocycles. The number of ether oxygens (including phenoxy) is 1. The molecule has 11 heteroatoms. The number of methoxy groups -OCH3 is 1. The van der Waals surface area contributed by atoms with E-state index < -0.39 is 20.7 Å². The number of anilines is 1. The van der Waals surface area contributed by atoms with Crippen molar-refractivity contribution in [3.8, 4) is 5.75 Å². The highest BCUT2D eigenvalue weighted by Gasteiger charge is 2.22. The molecular weight excluding hydrogens is 442 g/mol. The smallest absolute Gasteiger partial charge is 0.269 e. The van der Waals surface area contributed by atoms with Crippen LogP contribution in [0.5, 0.6) is 5.75 Å². The Kier molecular flexibility index (Phi) is 6.47. The van der Waals surface area contributed by atoms with Crippen molar-refractivity contribution in [3.05, 3.63) is 76.0 Å². The molecule has 1 heterocycles. The Morgan fingerprint density at radius 3 is 2.58 bits per heavy atom. The van der Waals surface area contributed by atoms with Crippen molar-refractivity contribution >= 4 is 44.0 Å². The molecule has 0 unspecified atom stereocenters. The van der Waals surface area contributed by atoms with E-state index in [1.807, 2.05) is 19.1 Å². The zero-order valence-corrected chi connectivity index (χ0v) is 18.1. The van der Waals surface area contributed by atoms with Gasteiger partial charge in [-0.15, -0.1) is 0 Å². The predicted octanol–water partition coefficient (Wildman–Crippen LogP) is 3.85. The minimum Gasteiger partial charge on any atom is -0.496 e. The monoisotopic (exact) mass is 459 g/mol. The third kappa shape index (κ3) is 5.13. The van der Waals surface area contributed by atoms with Gasteiger partial charge in [-0.3, -0.25) is 20.2 Å². The molecule has 3 rings (SSSR count). The van der Waals surface area contributed by atoms with Crippen LogP contribution in [-0.4, -0.2) is 31.3 Å². The maximum absolute atomic E-state index is 12.7. The second-order valence-electron chi connectivity index (χ2n) is 6.31. The van der Waals surface area contributed by atoms with E-state index in [2.05, 4.69) is 10.3 Å². The molecule has 1 aromatic heterocycles. The Morgan fingerprint density at radius 2 is 1.94 bits per heavy atom. The summed E-state index contributed by atoms with van der Waals surface area (Å²) in [4.78, 5) is 26.2. The summed E-state index contributed by atoms with van der Waals surface area (Å²) in [6.45, 7) is 1.92. The number of non-ortho nitro benzene ring substituents is 1. The van der Waals surface area contributed by atoms with Crippen molar-refractivity contribution in [3.63, 3.8) is 0 Å². The standard InChI is InChI=1S/C20H17N3O6S2/c1-13-3-9-17(29-2)14(11-13)4-10-18(24)22-20-21-12-19(30-20)31(27,28)16-7-5-15(6-8-16)23(25)26/h3-12H,1-2H3,(H,21,22,24)/b10-4-. The maximum atomic E-state index is 12.7. The number of nitrogens with zero attached hydrogens (tertiary/aromatic N) is 2. The number of aromatic nitrogens is 1. The number of carbonyl (C=O) groups is 1. The first-order valence-electron chi connectivity index (χ1n) is 8.80. The Bertz CT molecular complexity index is 1260. The molecule has 0 aliphatic carbocycles. The molecule has 31 heavy (non-hydrogen) atoms. The normalized spacial score (nSPS) is 11.4. The molecule has 1 amide bonds. The van der Waals surface area contributed by atoms with Crippen molar-refractivity contribution in [2.45, 2.75) is 16.0 Å². The summed E-state index contributed by atoms with van der Waals surface area (Å²) < 4.78 is 30.5. The molecule has 1 N–H and O–H groups in total. The number of hydrogen-bond donors (Lipinski definition) is 1. The van der Waals surface area contributed by atoms with E-state index in [0.29, 0.717) is 5.75 Å². The number of amides is 1. The minimum absolute atomic E-state index is 0.0963. The van der Waals surface area contributed by atoms with Gasteiger partial charge >= 0.3 is 0 Å². The summed E-state index contributed by atoms with van der Waals surface area (Å²) in [5.74, 6) is 0.123. The minimum atomic E-state index is -3.92. The van der Waals surface area contributed by atoms with Gasteiger partial charge in [0.25, 0.3) is 5.69 Å². The lowest BCUT2D eigenvalue weighted by molar-refractivity contribution is -0.384. The second-order valence-corrected chi connectivity index (χ2v) is 9.51. The van der Waals surface area contributed by atoms with Gasteiger partial charge in [0.2, 0.25) is 15.7 Å². The number of nitrogens with one attached hydrogen (secondary N) is 1. The SMILES string of the molecule is COc1ccc(C)cc1/C=C\C(=O)Nc1ncc(S(=O)(=O)c2ccc([N+](=O)[O-])cc2)s1. The highest BCUT2D eigenvalue weighted by molar-refractivity contribution is 7.93. The van der Waals surface area contributed by atoms with Gasteiger partial charge in [0.1, 0.15) is 9.96 Å². The number of sulfone groups is 1. The first-order valence-corrected chi connectivity index (χ1v) is 11.1. The van der Waals surface area contributed by atoms with Gasteiger partial charge < -0.3 is 4.74 Å². The first kappa shape index (κ1) is 22.1. The van der Waals surface area contributed by atoms with Crippen LogP contribution in [0.15, 0.2) is 63.8 Å². The van der Waals surface area contributed by atoms with Crippen LogP contribution < -0.4 is 10.1 Å². The van der Waals surface area contributed by atoms with Crippen LogP contribution >= 0.6 is 11.3 Å². The Labute approximate surface area is 182 Å². The lowest BCUT2D eigenvalue weighted by Crippen LogP contribution is -2.07. The van der Waals surface area contributed by atoms with E-state index in [0.717, 1.165) is 52.9 Å². The zero-order chi connectivity index (χ0) is 22.6. The summed E-state index contributed by atoms with van der Waals surface area (Å²) in [5, 5.41) is 13.4. The fourth-order valence-corrected chi connectivity index (χ4v) is 5.04. The summed E-state index contributed by atoms with van der Waals surface area (Å²) in [5.41, 5.74) is 1.51. The van der Waals surface area contributed by atoms with Crippen molar-refractivity contribution in [1.29, 1.82) is 0 Å². The van der Waals surface area contributed by atoms with E-state index in [9.17, 15) is 23.3 Å². The Morgan fingerprint density at radius 1 is 1.23 bits per heavy atom. The van der Waals surface area contributed by atoms with Gasteiger partial charge in [-0.1, -0.05) is 23.0 Å². The molecule has 160 valence electrons. The molecule has 0 atom stereocenters. The number of nitro benzene ring substituents is 1. The molecule has 0 fully saturated rings. The van der Waals surface area contributed by atoms with Crippen LogP contribution in [0.25, 0.3) is 6.08 Å². The molecule has 0 aliphatic rings. The lowest BCUT2D eigenvalue weighted by atomic mass is 10.1. The fourth-order valence-electron chi connectivity index (χ4n) is 2.60. The number of thiazole rings is 1. The van der Waals surface area contributed by atoms with Crippen LogP contribution in [0.2, 0.25) is 0 Å². The third-order valence-electron chi connectivity index (χ3n) is 4.14. The number of carbonyl (C=O) groups excluding carboxylic acids is 1. The summed E-state index contributed by atoms with van der Waals surface area (Å²) >= 11 is 0.782. The highest BCUT2D eigenvalue weighted by atomic mass is 32.2. The van der Waals surface area contributed by atoms with Gasteiger partial charge in [0.05, 0.1) is 23.1 Å². The van der Waals surface area contributed by atoms with Gasteiger partial charge in [0, 0.05) is 23.8 Å². The molecule has 0 radical (unpaired) electrons. The lowest BCUT2D eigenvalue weighted by Gasteiger charge is -2.05. The largest absolute Gasteiger partial charge is 0.496 e. The van der Waals surface area contributed by atoms with Crippen LogP contribution in [-0.2, 0) is 14.6 Å². The van der Waals surface area contributed by atoms with Gasteiger partial charge in [-0.2, -0.15) is 0 Å². The van der Waals surface area contributed by atoms with E-state index in [1.165, 1.54) is 13.2 Å². The average Bonchev–Trinajstić information content (AvgIpc) is 3.21. The quantitative estimate of drug-likeness (QED) is 0.323. The Hall–Kier alpha value is -3.57. The molecule has 0 bridgehead atoms. The van der Waals surface area contributed by atoms with Crippen LogP contribution in [0, 0.1) is 17.0 Å². The summed E-state index contributed by atoms with van der Waals surface area (Å²) in [6, 6.07) is 10.1. The Balaban J connectivity index is 1.74. The predicted molar refractivity (Wildman–Crippen MR) is 116 cm³/mol. The molecule has 0 saturated carbocycles.